The van der Waals surface area contributed by atoms with E-state index in [1.165, 1.54) is 12.7 Å². The lowest BCUT2D eigenvalue weighted by molar-refractivity contribution is -0.193. The maximum atomic E-state index is 11.2. The lowest BCUT2D eigenvalue weighted by atomic mass is 9.66. The lowest BCUT2D eigenvalue weighted by Gasteiger charge is -2.51. The molecule has 3 aliphatic rings. The van der Waals surface area contributed by atoms with Crippen LogP contribution in [-0.2, 0) is 11.2 Å². The third-order valence-electron chi connectivity index (χ3n) is 7.41. The van der Waals surface area contributed by atoms with Gasteiger partial charge in [0.15, 0.2) is 11.5 Å². The molecule has 0 bridgehead atoms. The topological polar surface area (TPSA) is 99.4 Å². The van der Waals surface area contributed by atoms with Crippen LogP contribution < -0.4 is 4.74 Å². The maximum Gasteiger partial charge on any atom is 0.200 e. The van der Waals surface area contributed by atoms with Crippen molar-refractivity contribution in [1.82, 2.24) is 0 Å². The average molecular weight is 412 g/mol. The SMILES string of the molecule is COc1c(O)c(O)cc2c1CC[C@@H]1[C@H](O)[C@H]3CC[C@H](c4ccc(O)cc4)C[C@@H]3O[C@H]21. The molecule has 4 N–H and O–H groups in total. The van der Waals surface area contributed by atoms with Gasteiger partial charge in [-0.2, -0.15) is 0 Å². The van der Waals surface area contributed by atoms with E-state index < -0.39 is 6.10 Å². The molecule has 0 spiro atoms. The third kappa shape index (κ3) is 3.01. The van der Waals surface area contributed by atoms with E-state index in [9.17, 15) is 20.4 Å². The summed E-state index contributed by atoms with van der Waals surface area (Å²) in [5.41, 5.74) is 2.84. The molecule has 0 unspecified atom stereocenters. The summed E-state index contributed by atoms with van der Waals surface area (Å²) in [6.07, 6.45) is 3.26. The molecule has 5 rings (SSSR count). The van der Waals surface area contributed by atoms with Crippen LogP contribution in [0.4, 0.5) is 0 Å². The average Bonchev–Trinajstić information content (AvgIpc) is 2.75. The Kier molecular flexibility index (Phi) is 4.79. The number of benzene rings is 2. The molecule has 2 aromatic carbocycles. The quantitative estimate of drug-likeness (QED) is 0.561. The molecule has 6 nitrogen and oxygen atoms in total. The number of aliphatic hydroxyl groups excluding tert-OH is 1. The van der Waals surface area contributed by atoms with Crippen LogP contribution in [0.15, 0.2) is 30.3 Å². The van der Waals surface area contributed by atoms with E-state index in [-0.39, 0.29) is 41.3 Å². The number of aliphatic hydroxyl groups is 1. The fraction of sp³-hybridized carbons (Fsp3) is 0.500. The summed E-state index contributed by atoms with van der Waals surface area (Å²) in [6, 6.07) is 8.92. The van der Waals surface area contributed by atoms with Gasteiger partial charge in [0.1, 0.15) is 5.75 Å². The van der Waals surface area contributed by atoms with E-state index in [1.54, 1.807) is 18.2 Å². The van der Waals surface area contributed by atoms with Crippen LogP contribution in [0, 0.1) is 11.8 Å². The maximum absolute atomic E-state index is 11.2. The summed E-state index contributed by atoms with van der Waals surface area (Å²) in [7, 11) is 1.48. The van der Waals surface area contributed by atoms with Crippen molar-refractivity contribution in [2.24, 2.45) is 11.8 Å². The number of fused-ring (bicyclic) bond motifs is 4. The van der Waals surface area contributed by atoms with Crippen LogP contribution in [0.1, 0.15) is 54.4 Å². The molecule has 160 valence electrons. The van der Waals surface area contributed by atoms with Crippen molar-refractivity contribution in [3.8, 4) is 23.0 Å². The Labute approximate surface area is 175 Å². The standard InChI is InChI=1S/C24H28O6/c1-29-24-15-8-9-17-21(27)16-7-4-13(12-2-5-14(25)6-3-12)10-20(16)30-23(17)18(15)11-19(26)22(24)28/h2-3,5-6,11,13,16-17,20-21,23,25-28H,4,7-10H2,1H3/t13-,16-,17+,20-,21+,23-/m0/s1. The Morgan fingerprint density at radius 3 is 2.50 bits per heavy atom. The zero-order chi connectivity index (χ0) is 21.0. The molecule has 6 atom stereocenters. The second-order valence-corrected chi connectivity index (χ2v) is 8.90. The predicted octanol–water partition coefficient (Wildman–Crippen LogP) is 3.76. The zero-order valence-corrected chi connectivity index (χ0v) is 17.0. The fourth-order valence-electron chi connectivity index (χ4n) is 5.90. The van der Waals surface area contributed by atoms with Crippen LogP contribution in [0.3, 0.4) is 0 Å². The highest BCUT2D eigenvalue weighted by Crippen LogP contribution is 2.54. The third-order valence-corrected chi connectivity index (χ3v) is 7.41. The first kappa shape index (κ1) is 19.5. The predicted molar refractivity (Wildman–Crippen MR) is 110 cm³/mol. The van der Waals surface area contributed by atoms with Gasteiger partial charge in [-0.25, -0.2) is 0 Å². The summed E-state index contributed by atoms with van der Waals surface area (Å²) in [6.45, 7) is 0. The van der Waals surface area contributed by atoms with Gasteiger partial charge < -0.3 is 29.9 Å². The van der Waals surface area contributed by atoms with E-state index in [0.29, 0.717) is 18.1 Å². The summed E-state index contributed by atoms with van der Waals surface area (Å²) >= 11 is 0. The minimum absolute atomic E-state index is 0.0300. The molecule has 0 aromatic heterocycles. The molecule has 0 radical (unpaired) electrons. The van der Waals surface area contributed by atoms with Gasteiger partial charge in [0.2, 0.25) is 5.75 Å². The van der Waals surface area contributed by atoms with Gasteiger partial charge in [-0.1, -0.05) is 12.1 Å². The highest BCUT2D eigenvalue weighted by molar-refractivity contribution is 5.59. The van der Waals surface area contributed by atoms with Gasteiger partial charge in [0.05, 0.1) is 25.4 Å². The second kappa shape index (κ2) is 7.36. The Morgan fingerprint density at radius 1 is 1.00 bits per heavy atom. The van der Waals surface area contributed by atoms with Gasteiger partial charge in [-0.3, -0.25) is 0 Å². The zero-order valence-electron chi connectivity index (χ0n) is 17.0. The lowest BCUT2D eigenvalue weighted by Crippen LogP contribution is -2.51. The number of phenols is 3. The first-order valence-corrected chi connectivity index (χ1v) is 10.7. The van der Waals surface area contributed by atoms with Crippen molar-refractivity contribution in [1.29, 1.82) is 0 Å². The molecule has 6 heteroatoms. The summed E-state index contributed by atoms with van der Waals surface area (Å²) in [5.74, 6) is 0.489. The number of hydrogen-bond acceptors (Lipinski definition) is 6. The van der Waals surface area contributed by atoms with E-state index in [4.69, 9.17) is 9.47 Å². The number of methoxy groups -OCH3 is 1. The fourth-order valence-corrected chi connectivity index (χ4v) is 5.90. The van der Waals surface area contributed by atoms with Crippen LogP contribution in [0.2, 0.25) is 0 Å². The minimum Gasteiger partial charge on any atom is -0.508 e. The van der Waals surface area contributed by atoms with Crippen molar-refractivity contribution < 1.29 is 29.9 Å². The van der Waals surface area contributed by atoms with E-state index >= 15 is 0 Å². The van der Waals surface area contributed by atoms with Gasteiger partial charge in [0.25, 0.3) is 0 Å². The molecule has 1 aliphatic heterocycles. The Hall–Kier alpha value is -2.44. The Morgan fingerprint density at radius 2 is 1.77 bits per heavy atom. The monoisotopic (exact) mass is 412 g/mol. The van der Waals surface area contributed by atoms with Crippen molar-refractivity contribution in [2.75, 3.05) is 7.11 Å². The van der Waals surface area contributed by atoms with Gasteiger partial charge in [-0.05, 0) is 67.3 Å². The summed E-state index contributed by atoms with van der Waals surface area (Å²) in [5, 5.41) is 41.2. The number of phenolic OH excluding ortho intramolecular Hbond substituents is 3. The van der Waals surface area contributed by atoms with Crippen molar-refractivity contribution in [3.63, 3.8) is 0 Å². The largest absolute Gasteiger partial charge is 0.508 e. The Bertz CT molecular complexity index is 940. The molecule has 30 heavy (non-hydrogen) atoms. The normalized spacial score (nSPS) is 32.6. The van der Waals surface area contributed by atoms with Gasteiger partial charge in [-0.15, -0.1) is 0 Å². The number of rotatable bonds is 2. The highest BCUT2D eigenvalue weighted by Gasteiger charge is 2.50. The van der Waals surface area contributed by atoms with Gasteiger partial charge >= 0.3 is 0 Å². The van der Waals surface area contributed by atoms with Crippen molar-refractivity contribution in [3.05, 3.63) is 47.0 Å². The molecule has 1 saturated carbocycles. The van der Waals surface area contributed by atoms with Crippen LogP contribution in [-0.4, -0.2) is 39.7 Å². The molecular formula is C24H28O6. The van der Waals surface area contributed by atoms with Crippen molar-refractivity contribution in [2.45, 2.75) is 56.3 Å². The van der Waals surface area contributed by atoms with Crippen LogP contribution in [0.5, 0.6) is 23.0 Å². The van der Waals surface area contributed by atoms with Crippen LogP contribution in [0.25, 0.3) is 0 Å². The van der Waals surface area contributed by atoms with Crippen molar-refractivity contribution >= 4 is 0 Å². The second-order valence-electron chi connectivity index (χ2n) is 8.90. The molecule has 0 amide bonds. The summed E-state index contributed by atoms with van der Waals surface area (Å²) < 4.78 is 12.0. The minimum atomic E-state index is -0.454. The molecule has 2 fully saturated rings. The highest BCUT2D eigenvalue weighted by atomic mass is 16.5. The molecule has 2 aromatic rings. The van der Waals surface area contributed by atoms with E-state index in [1.807, 2.05) is 12.1 Å². The first-order valence-electron chi connectivity index (χ1n) is 10.7. The Balaban J connectivity index is 1.45. The smallest absolute Gasteiger partial charge is 0.200 e. The number of aromatic hydroxyl groups is 3. The van der Waals surface area contributed by atoms with Gasteiger partial charge in [0, 0.05) is 17.4 Å². The van der Waals surface area contributed by atoms with E-state index in [2.05, 4.69) is 0 Å². The van der Waals surface area contributed by atoms with Crippen LogP contribution >= 0.6 is 0 Å². The molecule has 1 heterocycles. The van der Waals surface area contributed by atoms with E-state index in [0.717, 1.165) is 36.8 Å². The number of ether oxygens (including phenoxy) is 2. The summed E-state index contributed by atoms with van der Waals surface area (Å²) in [4.78, 5) is 0. The molecule has 2 aliphatic carbocycles. The first-order chi connectivity index (χ1) is 14.5. The number of hydrogen-bond donors (Lipinski definition) is 4. The molecule has 1 saturated heterocycles. The molecular weight excluding hydrogens is 384 g/mol.